The largest absolute Gasteiger partial charge is 0.495 e. The van der Waals surface area contributed by atoms with E-state index in [1.807, 2.05) is 0 Å². The van der Waals surface area contributed by atoms with E-state index in [4.69, 9.17) is 21.1 Å². The summed E-state index contributed by atoms with van der Waals surface area (Å²) < 4.78 is 9.97. The van der Waals surface area contributed by atoms with Gasteiger partial charge in [-0.05, 0) is 32.0 Å². The summed E-state index contributed by atoms with van der Waals surface area (Å²) in [6.45, 7) is 3.79. The van der Waals surface area contributed by atoms with Crippen LogP contribution in [-0.2, 0) is 14.3 Å². The van der Waals surface area contributed by atoms with Gasteiger partial charge >= 0.3 is 5.97 Å². The second kappa shape index (κ2) is 8.79. The molecule has 1 rings (SSSR count). The third-order valence-electron chi connectivity index (χ3n) is 2.55. The fraction of sp³-hybridized carbons (Fsp3) is 0.429. The minimum atomic E-state index is -0.405. The summed E-state index contributed by atoms with van der Waals surface area (Å²) in [5, 5.41) is 2.83. The number of amides is 1. The van der Waals surface area contributed by atoms with E-state index in [0.717, 1.165) is 0 Å². The Bertz CT molecular complexity index is 510. The topological polar surface area (TPSA) is 64.6 Å². The first kappa shape index (κ1) is 17.7. The monoisotopic (exact) mass is 331 g/mol. The highest BCUT2D eigenvalue weighted by atomic mass is 35.5. The number of carbonyl (C=O) groups is 2. The molecule has 0 saturated carbocycles. The maximum absolute atomic E-state index is 12.1. The number of hydrogen-bond donors (Lipinski definition) is 1. The molecule has 1 atom stereocenters. The molecule has 0 aliphatic heterocycles. The molecule has 0 bridgehead atoms. The normalized spacial score (nSPS) is 11.6. The molecule has 1 N–H and O–H groups in total. The standard InChI is InChI=1S/C14H18ClNO4S/c1-4-20-13(17)8-21-9(2)14(18)16-11-7-10(15)5-6-12(11)19-3/h5-7,9H,4,8H2,1-3H3,(H,16,18). The van der Waals surface area contributed by atoms with Crippen LogP contribution >= 0.6 is 23.4 Å². The lowest BCUT2D eigenvalue weighted by atomic mass is 10.3. The molecule has 0 heterocycles. The van der Waals surface area contributed by atoms with Gasteiger partial charge in [0.1, 0.15) is 5.75 Å². The van der Waals surface area contributed by atoms with E-state index in [9.17, 15) is 9.59 Å². The number of hydrogen-bond acceptors (Lipinski definition) is 5. The summed E-state index contributed by atoms with van der Waals surface area (Å²) in [6, 6.07) is 4.96. The Morgan fingerprint density at radius 2 is 2.14 bits per heavy atom. The molecule has 7 heteroatoms. The number of carbonyl (C=O) groups excluding carboxylic acids is 2. The Morgan fingerprint density at radius 3 is 2.76 bits per heavy atom. The first-order chi connectivity index (χ1) is 9.97. The number of benzene rings is 1. The predicted molar refractivity (Wildman–Crippen MR) is 85.2 cm³/mol. The van der Waals surface area contributed by atoms with E-state index in [0.29, 0.717) is 23.1 Å². The summed E-state index contributed by atoms with van der Waals surface area (Å²) in [5.41, 5.74) is 0.499. The Kier molecular flexibility index (Phi) is 7.39. The lowest BCUT2D eigenvalue weighted by Crippen LogP contribution is -2.24. The summed E-state index contributed by atoms with van der Waals surface area (Å²) in [7, 11) is 1.51. The third-order valence-corrected chi connectivity index (χ3v) is 3.90. The van der Waals surface area contributed by atoms with E-state index in [1.165, 1.54) is 18.9 Å². The molecule has 1 amide bonds. The van der Waals surface area contributed by atoms with Gasteiger partial charge in [-0.3, -0.25) is 9.59 Å². The zero-order chi connectivity index (χ0) is 15.8. The first-order valence-electron chi connectivity index (χ1n) is 6.39. The number of methoxy groups -OCH3 is 1. The van der Waals surface area contributed by atoms with Crippen LogP contribution in [0.15, 0.2) is 18.2 Å². The quantitative estimate of drug-likeness (QED) is 0.778. The van der Waals surface area contributed by atoms with Crippen molar-refractivity contribution in [3.05, 3.63) is 23.2 Å². The lowest BCUT2D eigenvalue weighted by Gasteiger charge is -2.14. The highest BCUT2D eigenvalue weighted by molar-refractivity contribution is 8.01. The van der Waals surface area contributed by atoms with Gasteiger partial charge in [0.05, 0.1) is 30.4 Å². The molecule has 5 nitrogen and oxygen atoms in total. The molecule has 0 aliphatic rings. The fourth-order valence-electron chi connectivity index (χ4n) is 1.48. The van der Waals surface area contributed by atoms with E-state index in [-0.39, 0.29) is 17.6 Å². The van der Waals surface area contributed by atoms with E-state index < -0.39 is 5.25 Å². The van der Waals surface area contributed by atoms with Crippen molar-refractivity contribution in [3.63, 3.8) is 0 Å². The molecule has 1 aromatic rings. The molecule has 0 aromatic heterocycles. The number of halogens is 1. The number of nitrogens with one attached hydrogen (secondary N) is 1. The molecule has 0 radical (unpaired) electrons. The van der Waals surface area contributed by atoms with Crippen LogP contribution in [0.25, 0.3) is 0 Å². The molecule has 1 unspecified atom stereocenters. The fourth-order valence-corrected chi connectivity index (χ4v) is 2.34. The first-order valence-corrected chi connectivity index (χ1v) is 7.82. The van der Waals surface area contributed by atoms with Gasteiger partial charge in [-0.15, -0.1) is 11.8 Å². The Hall–Kier alpha value is -1.40. The minimum Gasteiger partial charge on any atom is -0.495 e. The van der Waals surface area contributed by atoms with Crippen molar-refractivity contribution in [2.24, 2.45) is 0 Å². The van der Waals surface area contributed by atoms with Crippen LogP contribution < -0.4 is 10.1 Å². The summed E-state index contributed by atoms with van der Waals surface area (Å²) in [6.07, 6.45) is 0. The van der Waals surface area contributed by atoms with Gasteiger partial charge in [0.2, 0.25) is 5.91 Å². The molecule has 0 spiro atoms. The smallest absolute Gasteiger partial charge is 0.315 e. The number of ether oxygens (including phenoxy) is 2. The average molecular weight is 332 g/mol. The van der Waals surface area contributed by atoms with Gasteiger partial charge in [0, 0.05) is 5.02 Å². The molecule has 0 saturated heterocycles. The molecule has 1 aromatic carbocycles. The Morgan fingerprint density at radius 1 is 1.43 bits per heavy atom. The van der Waals surface area contributed by atoms with E-state index in [2.05, 4.69) is 5.32 Å². The third kappa shape index (κ3) is 5.85. The Balaban J connectivity index is 2.60. The molecule has 21 heavy (non-hydrogen) atoms. The van der Waals surface area contributed by atoms with Crippen LogP contribution in [0.5, 0.6) is 5.75 Å². The van der Waals surface area contributed by atoms with Gasteiger partial charge in [0.15, 0.2) is 0 Å². The SMILES string of the molecule is CCOC(=O)CSC(C)C(=O)Nc1cc(Cl)ccc1OC. The van der Waals surface area contributed by atoms with Gasteiger partial charge < -0.3 is 14.8 Å². The van der Waals surface area contributed by atoms with Gasteiger partial charge in [-0.2, -0.15) is 0 Å². The van der Waals surface area contributed by atoms with Crippen LogP contribution in [0.4, 0.5) is 5.69 Å². The molecule has 116 valence electrons. The van der Waals surface area contributed by atoms with Gasteiger partial charge in [-0.25, -0.2) is 0 Å². The van der Waals surface area contributed by atoms with Crippen molar-refractivity contribution in [2.75, 3.05) is 24.8 Å². The van der Waals surface area contributed by atoms with Crippen LogP contribution in [0.1, 0.15) is 13.8 Å². The summed E-state index contributed by atoms with van der Waals surface area (Å²) >= 11 is 7.11. The van der Waals surface area contributed by atoms with Gasteiger partial charge in [0.25, 0.3) is 0 Å². The highest BCUT2D eigenvalue weighted by Crippen LogP contribution is 2.28. The van der Waals surface area contributed by atoms with E-state index in [1.54, 1.807) is 32.0 Å². The van der Waals surface area contributed by atoms with Crippen molar-refractivity contribution in [1.29, 1.82) is 0 Å². The maximum Gasteiger partial charge on any atom is 0.315 e. The van der Waals surface area contributed by atoms with Crippen molar-refractivity contribution < 1.29 is 19.1 Å². The number of rotatable bonds is 7. The van der Waals surface area contributed by atoms with Crippen molar-refractivity contribution in [2.45, 2.75) is 19.1 Å². The second-order valence-electron chi connectivity index (χ2n) is 4.09. The maximum atomic E-state index is 12.1. The highest BCUT2D eigenvalue weighted by Gasteiger charge is 2.17. The molecule has 0 fully saturated rings. The van der Waals surface area contributed by atoms with E-state index >= 15 is 0 Å². The second-order valence-corrected chi connectivity index (χ2v) is 5.86. The van der Waals surface area contributed by atoms with Crippen molar-refractivity contribution in [3.8, 4) is 5.75 Å². The molecular formula is C14H18ClNO4S. The summed E-state index contributed by atoms with van der Waals surface area (Å²) in [5.74, 6) is 0.0949. The lowest BCUT2D eigenvalue weighted by molar-refractivity contribution is -0.139. The van der Waals surface area contributed by atoms with Crippen molar-refractivity contribution in [1.82, 2.24) is 0 Å². The van der Waals surface area contributed by atoms with Crippen molar-refractivity contribution >= 4 is 40.9 Å². The average Bonchev–Trinajstić information content (AvgIpc) is 2.45. The zero-order valence-electron chi connectivity index (χ0n) is 12.1. The predicted octanol–water partition coefficient (Wildman–Crippen LogP) is 2.97. The van der Waals surface area contributed by atoms with Crippen LogP contribution in [0.2, 0.25) is 5.02 Å². The number of esters is 1. The molecular weight excluding hydrogens is 314 g/mol. The van der Waals surface area contributed by atoms with Crippen LogP contribution in [0, 0.1) is 0 Å². The Labute approximate surface area is 133 Å². The number of thioether (sulfide) groups is 1. The van der Waals surface area contributed by atoms with Gasteiger partial charge in [-0.1, -0.05) is 11.6 Å². The minimum absolute atomic E-state index is 0.134. The zero-order valence-corrected chi connectivity index (χ0v) is 13.7. The number of anilines is 1. The summed E-state index contributed by atoms with van der Waals surface area (Å²) in [4.78, 5) is 23.3. The molecule has 0 aliphatic carbocycles. The van der Waals surface area contributed by atoms with Crippen LogP contribution in [-0.4, -0.2) is 36.6 Å². The van der Waals surface area contributed by atoms with Crippen LogP contribution in [0.3, 0.4) is 0 Å².